The first-order valence-corrected chi connectivity index (χ1v) is 11.0. The van der Waals surface area contributed by atoms with Gasteiger partial charge in [-0.3, -0.25) is 14.5 Å². The summed E-state index contributed by atoms with van der Waals surface area (Å²) in [5.74, 6) is -2.70. The van der Waals surface area contributed by atoms with Gasteiger partial charge in [0, 0.05) is 38.2 Å². The molecule has 35 heavy (non-hydrogen) atoms. The second-order valence-corrected chi connectivity index (χ2v) is 8.20. The van der Waals surface area contributed by atoms with Crippen LogP contribution in [0.1, 0.15) is 37.6 Å². The molecule has 2 aromatic rings. The number of amides is 2. The number of anilines is 1. The smallest absolute Gasteiger partial charge is 0.415 e. The number of carbonyl (C=O) groups is 3. The second kappa shape index (κ2) is 9.82. The normalized spacial score (nSPS) is 20.9. The topological polar surface area (TPSA) is 128 Å². The van der Waals surface area contributed by atoms with E-state index in [1.807, 2.05) is 0 Å². The van der Waals surface area contributed by atoms with Crippen molar-refractivity contribution >= 4 is 29.2 Å². The lowest BCUT2D eigenvalue weighted by molar-refractivity contribution is -0.157. The average molecular weight is 490 g/mol. The van der Waals surface area contributed by atoms with Gasteiger partial charge < -0.3 is 24.6 Å². The lowest BCUT2D eigenvalue weighted by atomic mass is 9.97. The number of nitrogens with zero attached hydrogens (tertiary/aromatic N) is 3. The summed E-state index contributed by atoms with van der Waals surface area (Å²) in [4.78, 5) is 38.6. The molecule has 4 rings (SSSR count). The van der Waals surface area contributed by atoms with Gasteiger partial charge in [0.25, 0.3) is 5.91 Å². The maximum Gasteiger partial charge on any atom is 0.415 e. The van der Waals surface area contributed by atoms with Crippen LogP contribution in [0.2, 0.25) is 0 Å². The van der Waals surface area contributed by atoms with Crippen molar-refractivity contribution in [3.63, 3.8) is 0 Å². The molecule has 10 nitrogen and oxygen atoms in total. The van der Waals surface area contributed by atoms with Gasteiger partial charge in [-0.15, -0.1) is 0 Å². The van der Waals surface area contributed by atoms with Gasteiger partial charge in [-0.25, -0.2) is 13.6 Å². The van der Waals surface area contributed by atoms with Crippen molar-refractivity contribution in [1.82, 2.24) is 10.1 Å². The fourth-order valence-electron chi connectivity index (χ4n) is 4.33. The number of cyclic esters (lactones) is 1. The molecule has 1 aromatic carbocycles. The van der Waals surface area contributed by atoms with Crippen LogP contribution in [0.3, 0.4) is 0 Å². The van der Waals surface area contributed by atoms with Crippen LogP contribution < -0.4 is 10.6 Å². The Balaban J connectivity index is 1.55. The van der Waals surface area contributed by atoms with E-state index in [2.05, 4.69) is 5.16 Å². The first kappa shape index (κ1) is 24.3. The summed E-state index contributed by atoms with van der Waals surface area (Å²) in [6, 6.07) is 2.87. The first-order chi connectivity index (χ1) is 16.7. The Bertz CT molecular complexity index is 1150. The highest BCUT2D eigenvalue weighted by Gasteiger charge is 2.44. The van der Waals surface area contributed by atoms with Gasteiger partial charge in [0.15, 0.2) is 12.2 Å². The number of aromatic nitrogens is 1. The maximum atomic E-state index is 15.1. The Hall–Kier alpha value is -3.80. The van der Waals surface area contributed by atoms with E-state index >= 15 is 8.78 Å². The SMILES string of the molecule is CC(=O)O[C@@H](C)C(=O)N1CC=C(c2c(F)cc(N3C(=O)O[C@H](c4ccon4)C3CN)cc2F)CC1. The van der Waals surface area contributed by atoms with Crippen molar-refractivity contribution in [1.29, 1.82) is 0 Å². The van der Waals surface area contributed by atoms with Crippen LogP contribution in [-0.2, 0) is 19.1 Å². The standard InChI is InChI=1S/C23H24F2N4O6/c1-12(34-13(2)30)22(31)28-6-3-14(4-7-28)20-16(24)9-15(10-17(20)25)29-19(11-26)21(35-23(29)32)18-5-8-33-27-18/h3,5,8-10,12,19,21H,4,6-7,11,26H2,1-2H3/t12-,19?,21+/m0/s1. The number of hydrogen-bond donors (Lipinski definition) is 1. The van der Waals surface area contributed by atoms with Crippen LogP contribution in [0.5, 0.6) is 0 Å². The van der Waals surface area contributed by atoms with E-state index < -0.39 is 47.9 Å². The maximum absolute atomic E-state index is 15.1. The summed E-state index contributed by atoms with van der Waals surface area (Å²) in [5.41, 5.74) is 6.28. The highest BCUT2D eigenvalue weighted by atomic mass is 19.1. The molecule has 0 radical (unpaired) electrons. The highest BCUT2D eigenvalue weighted by Crippen LogP contribution is 2.37. The number of halogens is 2. The van der Waals surface area contributed by atoms with Crippen LogP contribution in [0.25, 0.3) is 5.57 Å². The van der Waals surface area contributed by atoms with E-state index in [4.69, 9.17) is 19.7 Å². The molecule has 2 aliphatic heterocycles. The van der Waals surface area contributed by atoms with Crippen LogP contribution in [-0.4, -0.2) is 59.8 Å². The van der Waals surface area contributed by atoms with E-state index in [0.717, 1.165) is 17.0 Å². The van der Waals surface area contributed by atoms with E-state index in [-0.39, 0.29) is 37.3 Å². The second-order valence-electron chi connectivity index (χ2n) is 8.20. The number of carbonyl (C=O) groups excluding carboxylic acids is 3. The monoisotopic (exact) mass is 490 g/mol. The zero-order valence-corrected chi connectivity index (χ0v) is 19.1. The first-order valence-electron chi connectivity index (χ1n) is 11.0. The van der Waals surface area contributed by atoms with Gasteiger partial charge in [0.05, 0.1) is 11.7 Å². The van der Waals surface area contributed by atoms with Crippen molar-refractivity contribution < 1.29 is 37.2 Å². The van der Waals surface area contributed by atoms with Crippen LogP contribution in [0.15, 0.2) is 35.1 Å². The van der Waals surface area contributed by atoms with E-state index in [9.17, 15) is 14.4 Å². The molecule has 1 fully saturated rings. The third-order valence-corrected chi connectivity index (χ3v) is 5.93. The molecule has 1 aromatic heterocycles. The molecule has 2 aliphatic rings. The Kier molecular flexibility index (Phi) is 6.83. The van der Waals surface area contributed by atoms with Crippen molar-refractivity contribution in [2.45, 2.75) is 38.5 Å². The largest absolute Gasteiger partial charge is 0.453 e. The lowest BCUT2D eigenvalue weighted by Crippen LogP contribution is -2.42. The van der Waals surface area contributed by atoms with Gasteiger partial charge in [-0.05, 0) is 31.1 Å². The van der Waals surface area contributed by atoms with E-state index in [1.54, 1.807) is 6.08 Å². The minimum absolute atomic E-state index is 0.0429. The highest BCUT2D eigenvalue weighted by molar-refractivity contribution is 5.91. The number of esters is 1. The van der Waals surface area contributed by atoms with Crippen LogP contribution >= 0.6 is 0 Å². The van der Waals surface area contributed by atoms with E-state index in [1.165, 1.54) is 31.1 Å². The minimum atomic E-state index is -0.952. The molecule has 186 valence electrons. The van der Waals surface area contributed by atoms with E-state index in [0.29, 0.717) is 11.3 Å². The van der Waals surface area contributed by atoms with Crippen LogP contribution in [0, 0.1) is 11.6 Å². The molecular formula is C23H24F2N4O6. The predicted molar refractivity (Wildman–Crippen MR) is 118 cm³/mol. The molecule has 1 unspecified atom stereocenters. The zero-order valence-electron chi connectivity index (χ0n) is 19.1. The molecule has 3 atom stereocenters. The number of benzene rings is 1. The zero-order chi connectivity index (χ0) is 25.3. The molecule has 0 saturated carbocycles. The summed E-state index contributed by atoms with van der Waals surface area (Å²) in [6.45, 7) is 2.93. The summed E-state index contributed by atoms with van der Waals surface area (Å²) in [5, 5.41) is 3.77. The summed E-state index contributed by atoms with van der Waals surface area (Å²) < 4.78 is 45.3. The molecule has 3 heterocycles. The fraction of sp³-hybridized carbons (Fsp3) is 0.391. The molecular weight excluding hydrogens is 466 g/mol. The van der Waals surface area contributed by atoms with Crippen molar-refractivity contribution in [2.75, 3.05) is 24.5 Å². The minimum Gasteiger partial charge on any atom is -0.453 e. The van der Waals surface area contributed by atoms with Crippen molar-refractivity contribution in [2.24, 2.45) is 5.73 Å². The van der Waals surface area contributed by atoms with Crippen LogP contribution in [0.4, 0.5) is 19.3 Å². The molecule has 1 saturated heterocycles. The summed E-state index contributed by atoms with van der Waals surface area (Å²) >= 11 is 0. The average Bonchev–Trinajstić information content (AvgIpc) is 3.45. The number of rotatable bonds is 6. The molecule has 0 bridgehead atoms. The number of hydrogen-bond acceptors (Lipinski definition) is 8. The van der Waals surface area contributed by atoms with Gasteiger partial charge in [-0.1, -0.05) is 11.2 Å². The van der Waals surface area contributed by atoms with Gasteiger partial charge in [0.1, 0.15) is 23.6 Å². The third-order valence-electron chi connectivity index (χ3n) is 5.93. The Morgan fingerprint density at radius 3 is 2.57 bits per heavy atom. The third kappa shape index (κ3) is 4.74. The lowest BCUT2D eigenvalue weighted by Gasteiger charge is -2.29. The molecule has 2 N–H and O–H groups in total. The predicted octanol–water partition coefficient (Wildman–Crippen LogP) is 2.55. The van der Waals surface area contributed by atoms with Gasteiger partial charge >= 0.3 is 12.1 Å². The summed E-state index contributed by atoms with van der Waals surface area (Å²) in [7, 11) is 0. The van der Waals surface area contributed by atoms with Gasteiger partial charge in [-0.2, -0.15) is 0 Å². The Morgan fingerprint density at radius 1 is 1.31 bits per heavy atom. The molecule has 0 spiro atoms. The van der Waals surface area contributed by atoms with Crippen molar-refractivity contribution in [3.05, 3.63) is 53.4 Å². The Morgan fingerprint density at radius 2 is 2.03 bits per heavy atom. The Labute approximate surface area is 199 Å². The molecule has 12 heteroatoms. The fourth-order valence-corrected chi connectivity index (χ4v) is 4.33. The van der Waals surface area contributed by atoms with Gasteiger partial charge in [0.2, 0.25) is 0 Å². The quantitative estimate of drug-likeness (QED) is 0.612. The number of ether oxygens (including phenoxy) is 2. The molecule has 0 aliphatic carbocycles. The molecule has 2 amide bonds. The van der Waals surface area contributed by atoms with Crippen molar-refractivity contribution in [3.8, 4) is 0 Å². The summed E-state index contributed by atoms with van der Waals surface area (Å²) in [6.07, 6.45) is 0.445. The number of nitrogens with two attached hydrogens (primary N) is 1.